The molecule has 1 amide bonds. The van der Waals surface area contributed by atoms with E-state index < -0.39 is 15.3 Å². The number of ether oxygens (including phenoxy) is 1. The van der Waals surface area contributed by atoms with Gasteiger partial charge in [0.2, 0.25) is 11.8 Å². The molecule has 1 N–H and O–H groups in total. The molecule has 1 aromatic heterocycles. The number of carbonyl (C=O) groups is 2. The molecular weight excluding hydrogens is 492 g/mol. The van der Waals surface area contributed by atoms with Crippen LogP contribution in [0.5, 0.6) is 0 Å². The van der Waals surface area contributed by atoms with Gasteiger partial charge >= 0.3 is 0 Å². The number of pyridine rings is 1. The van der Waals surface area contributed by atoms with Gasteiger partial charge in [-0.3, -0.25) is 9.59 Å². The van der Waals surface area contributed by atoms with Crippen LogP contribution in [0.3, 0.4) is 0 Å². The van der Waals surface area contributed by atoms with Crippen LogP contribution >= 0.6 is 0 Å². The lowest BCUT2D eigenvalue weighted by Crippen LogP contribution is -2.40. The van der Waals surface area contributed by atoms with Crippen molar-refractivity contribution >= 4 is 39.0 Å². The summed E-state index contributed by atoms with van der Waals surface area (Å²) >= 11 is 0. The van der Waals surface area contributed by atoms with Crippen LogP contribution in [-0.2, 0) is 32.2 Å². The van der Waals surface area contributed by atoms with Crippen LogP contribution in [0.25, 0.3) is 0 Å². The van der Waals surface area contributed by atoms with E-state index >= 15 is 0 Å². The largest absolute Gasteiger partial charge is 0.480 e. The van der Waals surface area contributed by atoms with Crippen molar-refractivity contribution < 1.29 is 22.7 Å². The SMILES string of the molecule is C=C/C(=N\N=C(/C)C1(C)CCc2nc(NC(=O)Cc3ccc(S(=O)(=O)CC)cc3)cc(C)c2C1=O)OC. The first-order valence-electron chi connectivity index (χ1n) is 11.9. The predicted molar refractivity (Wildman–Crippen MR) is 144 cm³/mol. The van der Waals surface area contributed by atoms with Crippen molar-refractivity contribution in [1.29, 1.82) is 0 Å². The number of sulfone groups is 1. The number of methoxy groups -OCH3 is 1. The van der Waals surface area contributed by atoms with Crippen molar-refractivity contribution in [1.82, 2.24) is 4.98 Å². The molecule has 0 spiro atoms. The second-order valence-corrected chi connectivity index (χ2v) is 11.4. The number of rotatable bonds is 8. The summed E-state index contributed by atoms with van der Waals surface area (Å²) in [7, 11) is -1.83. The molecule has 37 heavy (non-hydrogen) atoms. The quantitative estimate of drug-likeness (QED) is 0.315. The standard InChI is InChI=1S/C27H32N4O5S/c1-7-24(36-6)31-30-18(4)27(5)14-13-21-25(26(27)33)17(3)15-22(28-21)29-23(32)16-19-9-11-20(12-10-19)37(34,35)8-2/h7,9-12,15H,1,8,13-14,16H2,2-6H3,(H,28,29,32)/b30-18+,31-24+. The average Bonchev–Trinajstić information content (AvgIpc) is 2.86. The summed E-state index contributed by atoms with van der Waals surface area (Å²) in [6.07, 6.45) is 2.53. The minimum absolute atomic E-state index is 0.0161. The van der Waals surface area contributed by atoms with Gasteiger partial charge in [0.1, 0.15) is 5.82 Å². The van der Waals surface area contributed by atoms with Gasteiger partial charge in [-0.1, -0.05) is 25.6 Å². The van der Waals surface area contributed by atoms with Crippen molar-refractivity contribution in [3.05, 3.63) is 65.4 Å². The molecule has 1 atom stereocenters. The number of Topliss-reactive ketones (excluding diaryl/α,β-unsaturated/α-hetero) is 1. The van der Waals surface area contributed by atoms with Crippen molar-refractivity contribution in [2.75, 3.05) is 18.2 Å². The lowest BCUT2D eigenvalue weighted by Gasteiger charge is -2.33. The molecule has 196 valence electrons. The molecule has 1 unspecified atom stereocenters. The number of hydrogen-bond donors (Lipinski definition) is 1. The third-order valence-electron chi connectivity index (χ3n) is 6.66. The zero-order valence-corrected chi connectivity index (χ0v) is 22.6. The zero-order valence-electron chi connectivity index (χ0n) is 21.8. The molecule has 1 aliphatic carbocycles. The van der Waals surface area contributed by atoms with Gasteiger partial charge < -0.3 is 10.1 Å². The Kier molecular flexibility index (Phi) is 8.42. The fourth-order valence-electron chi connectivity index (χ4n) is 4.15. The van der Waals surface area contributed by atoms with Crippen LogP contribution in [-0.4, -0.2) is 49.6 Å². The number of carbonyl (C=O) groups excluding carboxylic acids is 2. The molecule has 0 aliphatic heterocycles. The van der Waals surface area contributed by atoms with E-state index in [-0.39, 0.29) is 34.7 Å². The van der Waals surface area contributed by atoms with E-state index in [2.05, 4.69) is 27.1 Å². The minimum atomic E-state index is -3.30. The summed E-state index contributed by atoms with van der Waals surface area (Å²) in [6, 6.07) is 7.96. The maximum absolute atomic E-state index is 13.5. The van der Waals surface area contributed by atoms with Gasteiger partial charge in [-0.2, -0.15) is 5.10 Å². The van der Waals surface area contributed by atoms with Crippen LogP contribution in [0.2, 0.25) is 0 Å². The van der Waals surface area contributed by atoms with Crippen LogP contribution in [0.4, 0.5) is 5.82 Å². The number of amides is 1. The highest BCUT2D eigenvalue weighted by molar-refractivity contribution is 7.91. The van der Waals surface area contributed by atoms with E-state index in [0.29, 0.717) is 46.8 Å². The summed E-state index contributed by atoms with van der Waals surface area (Å²) in [5.41, 5.74) is 2.28. The molecule has 0 fully saturated rings. The fraction of sp³-hybridized carbons (Fsp3) is 0.370. The monoisotopic (exact) mass is 524 g/mol. The van der Waals surface area contributed by atoms with Crippen LogP contribution in [0.15, 0.2) is 58.1 Å². The first-order chi connectivity index (χ1) is 17.4. The van der Waals surface area contributed by atoms with E-state index in [0.717, 1.165) is 0 Å². The third kappa shape index (κ3) is 6.02. The Labute approximate surface area is 217 Å². The summed E-state index contributed by atoms with van der Waals surface area (Å²) in [5.74, 6) is 0.261. The van der Waals surface area contributed by atoms with Crippen LogP contribution in [0.1, 0.15) is 54.4 Å². The Morgan fingerprint density at radius 3 is 2.54 bits per heavy atom. The van der Waals surface area contributed by atoms with Gasteiger partial charge in [-0.05, 0) is 69.0 Å². The number of nitrogens with zero attached hydrogens (tertiary/aromatic N) is 3. The molecule has 0 radical (unpaired) electrons. The molecule has 1 aromatic carbocycles. The number of benzene rings is 1. The molecule has 1 aliphatic rings. The Bertz CT molecular complexity index is 1390. The van der Waals surface area contributed by atoms with Gasteiger partial charge in [0.05, 0.1) is 41.0 Å². The topological polar surface area (TPSA) is 127 Å². The normalized spacial score (nSPS) is 18.2. The zero-order chi connectivity index (χ0) is 27.4. The molecule has 0 saturated heterocycles. The molecule has 1 heterocycles. The highest BCUT2D eigenvalue weighted by Crippen LogP contribution is 2.38. The number of nitrogens with one attached hydrogen (secondary N) is 1. The van der Waals surface area contributed by atoms with Gasteiger partial charge in [0, 0.05) is 5.56 Å². The van der Waals surface area contributed by atoms with Gasteiger partial charge in [-0.25, -0.2) is 13.4 Å². The van der Waals surface area contributed by atoms with Gasteiger partial charge in [-0.15, -0.1) is 5.10 Å². The minimum Gasteiger partial charge on any atom is -0.480 e. The van der Waals surface area contributed by atoms with E-state index in [4.69, 9.17) is 4.74 Å². The summed E-state index contributed by atoms with van der Waals surface area (Å²) in [6.45, 7) is 10.6. The van der Waals surface area contributed by atoms with Crippen molar-refractivity contribution in [3.8, 4) is 0 Å². The molecule has 0 saturated carbocycles. The molecule has 10 heteroatoms. The highest BCUT2D eigenvalue weighted by atomic mass is 32.2. The summed E-state index contributed by atoms with van der Waals surface area (Å²) in [4.78, 5) is 31.0. The number of aromatic nitrogens is 1. The number of aryl methyl sites for hydroxylation is 2. The maximum Gasteiger partial charge on any atom is 0.232 e. The second-order valence-electron chi connectivity index (χ2n) is 9.11. The van der Waals surface area contributed by atoms with E-state index in [1.165, 1.54) is 25.3 Å². The number of ketones is 1. The summed E-state index contributed by atoms with van der Waals surface area (Å²) < 4.78 is 29.0. The fourth-order valence-corrected chi connectivity index (χ4v) is 5.03. The van der Waals surface area contributed by atoms with E-state index in [1.54, 1.807) is 32.0 Å². The van der Waals surface area contributed by atoms with Gasteiger partial charge in [0.25, 0.3) is 0 Å². The second kappa shape index (κ2) is 11.2. The Hall–Kier alpha value is -3.66. The van der Waals surface area contributed by atoms with Crippen molar-refractivity contribution in [2.24, 2.45) is 15.6 Å². The Balaban J connectivity index is 1.77. The number of fused-ring (bicyclic) bond motifs is 1. The molecule has 9 nitrogen and oxygen atoms in total. The molecule has 2 aromatic rings. The third-order valence-corrected chi connectivity index (χ3v) is 8.41. The summed E-state index contributed by atoms with van der Waals surface area (Å²) in [5, 5.41) is 11.0. The number of hydrogen-bond acceptors (Lipinski definition) is 8. The van der Waals surface area contributed by atoms with Crippen molar-refractivity contribution in [2.45, 2.75) is 51.9 Å². The van der Waals surface area contributed by atoms with Crippen molar-refractivity contribution in [3.63, 3.8) is 0 Å². The first kappa shape index (κ1) is 27.9. The maximum atomic E-state index is 13.5. The Morgan fingerprint density at radius 2 is 1.95 bits per heavy atom. The highest BCUT2D eigenvalue weighted by Gasteiger charge is 2.42. The average molecular weight is 525 g/mol. The predicted octanol–water partition coefficient (Wildman–Crippen LogP) is 4.11. The number of anilines is 1. The van der Waals surface area contributed by atoms with Gasteiger partial charge in [0.15, 0.2) is 15.6 Å². The Morgan fingerprint density at radius 1 is 1.27 bits per heavy atom. The van der Waals surface area contributed by atoms with Crippen LogP contribution < -0.4 is 5.32 Å². The molecular formula is C27H32N4O5S. The smallest absolute Gasteiger partial charge is 0.232 e. The van der Waals surface area contributed by atoms with E-state index in [1.807, 2.05) is 13.8 Å². The molecule has 0 bridgehead atoms. The first-order valence-corrected chi connectivity index (χ1v) is 13.6. The molecule has 3 rings (SSSR count). The van der Waals surface area contributed by atoms with Crippen LogP contribution in [0, 0.1) is 12.3 Å². The lowest BCUT2D eigenvalue weighted by molar-refractivity contribution is -0.115. The lowest BCUT2D eigenvalue weighted by atomic mass is 9.69. The van der Waals surface area contributed by atoms with E-state index in [9.17, 15) is 18.0 Å².